The highest BCUT2D eigenvalue weighted by Crippen LogP contribution is 2.12. The Kier molecular flexibility index (Phi) is 6.37. The van der Waals surface area contributed by atoms with Gasteiger partial charge >= 0.3 is 5.97 Å². The molecular formula is C16H23N3O4. The molecule has 4 N–H and O–H groups in total. The largest absolute Gasteiger partial charge is 0.482 e. The first-order valence-electron chi connectivity index (χ1n) is 7.80. The second-order valence-electron chi connectivity index (χ2n) is 5.55. The number of carbonyl (C=O) groups excluding carboxylic acids is 1. The van der Waals surface area contributed by atoms with Crippen molar-refractivity contribution in [2.45, 2.75) is 38.3 Å². The average Bonchev–Trinajstić information content (AvgIpc) is 3.03. The molecule has 1 saturated heterocycles. The average molecular weight is 321 g/mol. The maximum Gasteiger partial charge on any atom is 0.341 e. The van der Waals surface area contributed by atoms with Crippen LogP contribution >= 0.6 is 0 Å². The number of hydrazine groups is 1. The number of rotatable bonds is 8. The fraction of sp³-hybridized carbons (Fsp3) is 0.500. The quantitative estimate of drug-likeness (QED) is 0.555. The monoisotopic (exact) mass is 321 g/mol. The number of carboxylic acid groups (broad SMARTS) is 1. The van der Waals surface area contributed by atoms with Gasteiger partial charge in [-0.25, -0.2) is 10.2 Å². The van der Waals surface area contributed by atoms with E-state index in [1.54, 1.807) is 12.1 Å². The van der Waals surface area contributed by atoms with Crippen molar-refractivity contribution in [2.24, 2.45) is 0 Å². The lowest BCUT2D eigenvalue weighted by Crippen LogP contribution is -2.43. The normalized spacial score (nSPS) is 20.2. The number of carboxylic acids is 1. The Balaban J connectivity index is 1.69. The molecule has 1 amide bonds. The Morgan fingerprint density at radius 2 is 2.04 bits per heavy atom. The number of aliphatic carboxylic acids is 1. The summed E-state index contributed by atoms with van der Waals surface area (Å²) in [6.45, 7) is 2.29. The topological polar surface area (TPSA) is 99.7 Å². The number of ether oxygens (including phenoxy) is 1. The van der Waals surface area contributed by atoms with Crippen LogP contribution in [0.3, 0.4) is 0 Å². The van der Waals surface area contributed by atoms with Crippen LogP contribution < -0.4 is 20.9 Å². The third-order valence-corrected chi connectivity index (χ3v) is 3.79. The molecule has 126 valence electrons. The Hall–Kier alpha value is -2.12. The van der Waals surface area contributed by atoms with Crippen molar-refractivity contribution < 1.29 is 19.4 Å². The predicted octanol–water partition coefficient (Wildman–Crippen LogP) is 0.454. The smallest absolute Gasteiger partial charge is 0.341 e. The molecule has 7 heteroatoms. The number of carbonyl (C=O) groups is 2. The second-order valence-corrected chi connectivity index (χ2v) is 5.55. The van der Waals surface area contributed by atoms with Crippen LogP contribution in [-0.4, -0.2) is 42.2 Å². The Morgan fingerprint density at radius 1 is 1.30 bits per heavy atom. The predicted molar refractivity (Wildman–Crippen MR) is 85.0 cm³/mol. The second kappa shape index (κ2) is 8.50. The zero-order valence-electron chi connectivity index (χ0n) is 13.2. The van der Waals surface area contributed by atoms with E-state index < -0.39 is 5.97 Å². The summed E-state index contributed by atoms with van der Waals surface area (Å²) in [5.41, 5.74) is 7.17. The van der Waals surface area contributed by atoms with E-state index in [0.717, 1.165) is 18.4 Å². The van der Waals surface area contributed by atoms with Crippen molar-refractivity contribution in [2.75, 3.05) is 13.2 Å². The van der Waals surface area contributed by atoms with Crippen molar-refractivity contribution in [1.29, 1.82) is 0 Å². The van der Waals surface area contributed by atoms with Crippen LogP contribution in [0.25, 0.3) is 0 Å². The van der Waals surface area contributed by atoms with Gasteiger partial charge in [-0.3, -0.25) is 10.2 Å². The molecule has 0 saturated carbocycles. The minimum atomic E-state index is -1.00. The lowest BCUT2D eigenvalue weighted by Gasteiger charge is -2.11. The molecule has 2 atom stereocenters. The lowest BCUT2D eigenvalue weighted by molar-refractivity contribution is -0.139. The molecule has 0 radical (unpaired) electrons. The van der Waals surface area contributed by atoms with Crippen molar-refractivity contribution in [3.63, 3.8) is 0 Å². The van der Waals surface area contributed by atoms with Gasteiger partial charge in [-0.15, -0.1) is 0 Å². The first kappa shape index (κ1) is 17.2. The number of hydrogen-bond acceptors (Lipinski definition) is 5. The van der Waals surface area contributed by atoms with Gasteiger partial charge in [0.2, 0.25) is 5.91 Å². The van der Waals surface area contributed by atoms with E-state index in [-0.39, 0.29) is 18.6 Å². The molecule has 1 aliphatic rings. The summed E-state index contributed by atoms with van der Waals surface area (Å²) in [5.74, 6) is -0.473. The lowest BCUT2D eigenvalue weighted by atomic mass is 10.1. The minimum absolute atomic E-state index is 0.00913. The van der Waals surface area contributed by atoms with Crippen molar-refractivity contribution in [3.05, 3.63) is 29.8 Å². The maximum absolute atomic E-state index is 12.0. The van der Waals surface area contributed by atoms with Gasteiger partial charge in [-0.1, -0.05) is 19.1 Å². The van der Waals surface area contributed by atoms with Crippen molar-refractivity contribution in [3.8, 4) is 5.75 Å². The highest BCUT2D eigenvalue weighted by molar-refractivity contribution is 5.82. The van der Waals surface area contributed by atoms with Gasteiger partial charge < -0.3 is 15.2 Å². The first-order chi connectivity index (χ1) is 11.1. The molecule has 1 aliphatic heterocycles. The van der Waals surface area contributed by atoms with Crippen molar-refractivity contribution >= 4 is 11.9 Å². The molecule has 23 heavy (non-hydrogen) atoms. The molecular weight excluding hydrogens is 298 g/mol. The van der Waals surface area contributed by atoms with Crippen LogP contribution in [-0.2, 0) is 16.0 Å². The molecule has 0 aliphatic carbocycles. The van der Waals surface area contributed by atoms with Crippen LogP contribution in [0.5, 0.6) is 5.75 Å². The standard InChI is InChI=1S/C16H23N3O4/c1-2-12-9-14(19-18-12)16(22)17-8-7-11-3-5-13(6-4-11)23-10-15(20)21/h3-6,12,14,18-19H,2,7-10H2,1H3,(H,17,22)(H,20,21). The Bertz CT molecular complexity index is 533. The molecule has 1 aromatic carbocycles. The number of amides is 1. The van der Waals surface area contributed by atoms with Gasteiger partial charge in [0, 0.05) is 12.6 Å². The first-order valence-corrected chi connectivity index (χ1v) is 7.80. The van der Waals surface area contributed by atoms with Crippen LogP contribution in [0.4, 0.5) is 0 Å². The summed E-state index contributed by atoms with van der Waals surface area (Å²) in [5, 5.41) is 11.5. The van der Waals surface area contributed by atoms with Crippen LogP contribution in [0, 0.1) is 0 Å². The molecule has 2 rings (SSSR count). The molecule has 1 heterocycles. The molecule has 0 spiro atoms. The molecule has 1 fully saturated rings. The van der Waals surface area contributed by atoms with Crippen LogP contribution in [0.2, 0.25) is 0 Å². The number of hydrogen-bond donors (Lipinski definition) is 4. The molecule has 0 bridgehead atoms. The van der Waals surface area contributed by atoms with E-state index in [1.807, 2.05) is 12.1 Å². The van der Waals surface area contributed by atoms with Gasteiger partial charge in [0.05, 0.1) is 0 Å². The molecule has 2 unspecified atom stereocenters. The number of nitrogens with one attached hydrogen (secondary N) is 3. The van der Waals surface area contributed by atoms with E-state index in [0.29, 0.717) is 24.8 Å². The Labute approximate surface area is 135 Å². The SMILES string of the molecule is CCC1CC(C(=O)NCCc2ccc(OCC(=O)O)cc2)NN1. The number of benzene rings is 1. The van der Waals surface area contributed by atoms with Gasteiger partial charge in [-0.05, 0) is 37.0 Å². The molecule has 1 aromatic rings. The summed E-state index contributed by atoms with van der Waals surface area (Å²) in [7, 11) is 0. The van der Waals surface area contributed by atoms with Crippen LogP contribution in [0.1, 0.15) is 25.3 Å². The van der Waals surface area contributed by atoms with Gasteiger partial charge in [0.1, 0.15) is 11.8 Å². The van der Waals surface area contributed by atoms with Gasteiger partial charge in [0.25, 0.3) is 0 Å². The van der Waals surface area contributed by atoms with E-state index in [2.05, 4.69) is 23.1 Å². The van der Waals surface area contributed by atoms with E-state index in [1.165, 1.54) is 0 Å². The zero-order chi connectivity index (χ0) is 16.7. The minimum Gasteiger partial charge on any atom is -0.482 e. The van der Waals surface area contributed by atoms with Crippen molar-refractivity contribution in [1.82, 2.24) is 16.2 Å². The van der Waals surface area contributed by atoms with Gasteiger partial charge in [-0.2, -0.15) is 0 Å². The highest BCUT2D eigenvalue weighted by Gasteiger charge is 2.27. The molecule has 0 aromatic heterocycles. The summed E-state index contributed by atoms with van der Waals surface area (Å²) in [6, 6.07) is 7.37. The highest BCUT2D eigenvalue weighted by atomic mass is 16.5. The zero-order valence-corrected chi connectivity index (χ0v) is 13.2. The van der Waals surface area contributed by atoms with E-state index >= 15 is 0 Å². The maximum atomic E-state index is 12.0. The fourth-order valence-electron chi connectivity index (χ4n) is 2.41. The summed E-state index contributed by atoms with van der Waals surface area (Å²) >= 11 is 0. The fourth-order valence-corrected chi connectivity index (χ4v) is 2.41. The molecule has 7 nitrogen and oxygen atoms in total. The van der Waals surface area contributed by atoms with E-state index in [9.17, 15) is 9.59 Å². The summed E-state index contributed by atoms with van der Waals surface area (Å²) in [4.78, 5) is 22.4. The van der Waals surface area contributed by atoms with Crippen LogP contribution in [0.15, 0.2) is 24.3 Å². The van der Waals surface area contributed by atoms with E-state index in [4.69, 9.17) is 9.84 Å². The van der Waals surface area contributed by atoms with Gasteiger partial charge in [0.15, 0.2) is 6.61 Å². The third kappa shape index (κ3) is 5.54. The summed E-state index contributed by atoms with van der Waals surface area (Å²) in [6.07, 6.45) is 2.51. The summed E-state index contributed by atoms with van der Waals surface area (Å²) < 4.78 is 5.07. The third-order valence-electron chi connectivity index (χ3n) is 3.79. The Morgan fingerprint density at radius 3 is 2.65 bits per heavy atom.